The zero-order valence-corrected chi connectivity index (χ0v) is 38.8. The molecule has 3 aliphatic carbocycles. The lowest BCUT2D eigenvalue weighted by Crippen LogP contribution is -2.28. The zero-order chi connectivity index (χ0) is 45.7. The van der Waals surface area contributed by atoms with Crippen LogP contribution in [0.3, 0.4) is 0 Å². The van der Waals surface area contributed by atoms with Gasteiger partial charge in [0, 0.05) is 16.8 Å². The van der Waals surface area contributed by atoms with E-state index >= 15 is 0 Å². The summed E-state index contributed by atoms with van der Waals surface area (Å²) in [6.07, 6.45) is 5.48. The molecule has 69 heavy (non-hydrogen) atoms. The summed E-state index contributed by atoms with van der Waals surface area (Å²) < 4.78 is 0. The second-order valence-electron chi connectivity index (χ2n) is 19.5. The van der Waals surface area contributed by atoms with Crippen LogP contribution < -0.4 is 4.90 Å². The van der Waals surface area contributed by atoms with Gasteiger partial charge in [0.25, 0.3) is 0 Å². The highest BCUT2D eigenvalue weighted by Gasteiger charge is 2.47. The van der Waals surface area contributed by atoms with Crippen LogP contribution >= 0.6 is 0 Å². The molecular weight excluding hydrogens is 831 g/mol. The fourth-order valence-corrected chi connectivity index (χ4v) is 12.9. The molecular formula is C68H53N. The Balaban J connectivity index is 1.10. The molecule has 2 bridgehead atoms. The maximum absolute atomic E-state index is 2.59. The van der Waals surface area contributed by atoms with Gasteiger partial charge in [0.1, 0.15) is 0 Å². The van der Waals surface area contributed by atoms with E-state index in [0.29, 0.717) is 5.92 Å². The van der Waals surface area contributed by atoms with E-state index in [0.717, 1.165) is 28.9 Å². The Hall–Kier alpha value is -8.00. The van der Waals surface area contributed by atoms with Gasteiger partial charge in [-0.25, -0.2) is 0 Å². The number of benzene rings is 10. The number of hydrogen-bond donors (Lipinski definition) is 0. The molecule has 13 rings (SSSR count). The summed E-state index contributed by atoms with van der Waals surface area (Å²) >= 11 is 0. The first-order chi connectivity index (χ1) is 34.2. The van der Waals surface area contributed by atoms with Crippen LogP contribution in [0.15, 0.2) is 255 Å². The second kappa shape index (κ2) is 17.3. The topological polar surface area (TPSA) is 3.24 Å². The molecule has 10 aromatic rings. The van der Waals surface area contributed by atoms with E-state index in [1.54, 1.807) is 0 Å². The van der Waals surface area contributed by atoms with Crippen LogP contribution in [0.2, 0.25) is 0 Å². The van der Waals surface area contributed by atoms with Crippen LogP contribution in [-0.2, 0) is 5.41 Å². The van der Waals surface area contributed by atoms with Crippen molar-refractivity contribution in [3.05, 3.63) is 283 Å². The van der Waals surface area contributed by atoms with Gasteiger partial charge < -0.3 is 4.90 Å². The van der Waals surface area contributed by atoms with Crippen LogP contribution in [0, 0.1) is 11.8 Å². The van der Waals surface area contributed by atoms with Gasteiger partial charge in [-0.3, -0.25) is 0 Å². The summed E-state index contributed by atoms with van der Waals surface area (Å²) in [5.41, 5.74) is 21.6. The van der Waals surface area contributed by atoms with Gasteiger partial charge in [0.2, 0.25) is 0 Å². The first-order valence-electron chi connectivity index (χ1n) is 24.9. The first-order valence-corrected chi connectivity index (χ1v) is 24.9. The van der Waals surface area contributed by atoms with Gasteiger partial charge in [-0.2, -0.15) is 0 Å². The van der Waals surface area contributed by atoms with Gasteiger partial charge in [-0.05, 0) is 140 Å². The predicted octanol–water partition coefficient (Wildman–Crippen LogP) is 18.1. The average molecular weight is 884 g/mol. The van der Waals surface area contributed by atoms with Crippen molar-refractivity contribution in [2.45, 2.75) is 37.0 Å². The van der Waals surface area contributed by atoms with Gasteiger partial charge in [0.05, 0.1) is 16.8 Å². The summed E-state index contributed by atoms with van der Waals surface area (Å²) in [5.74, 6) is 2.33. The van der Waals surface area contributed by atoms with Crippen molar-refractivity contribution in [3.8, 4) is 55.6 Å². The van der Waals surface area contributed by atoms with Crippen molar-refractivity contribution >= 4 is 17.1 Å². The van der Waals surface area contributed by atoms with Crippen molar-refractivity contribution in [2.24, 2.45) is 11.8 Å². The maximum Gasteiger partial charge on any atom is 0.0714 e. The zero-order valence-electron chi connectivity index (χ0n) is 38.8. The lowest BCUT2D eigenvalue weighted by atomic mass is 9.67. The third-order valence-corrected chi connectivity index (χ3v) is 15.9. The SMILES string of the molecule is c1ccc(-c2ccccc2-c2ccccc2-c2ccccc2N(c2ccc(C3CC4CCC3C4)cc2)c2cc3c(cc2-c2ccccc2)-c2ccccc2C3(c2ccccc2)c2ccccc2)cc1. The Morgan fingerprint density at radius 1 is 0.333 bits per heavy atom. The molecule has 0 aliphatic heterocycles. The van der Waals surface area contributed by atoms with Crippen molar-refractivity contribution in [3.63, 3.8) is 0 Å². The molecule has 1 heteroatoms. The highest BCUT2D eigenvalue weighted by Crippen LogP contribution is 2.60. The van der Waals surface area contributed by atoms with Crippen LogP contribution in [0.4, 0.5) is 17.1 Å². The van der Waals surface area contributed by atoms with E-state index in [9.17, 15) is 0 Å². The van der Waals surface area contributed by atoms with Crippen LogP contribution in [0.25, 0.3) is 55.6 Å². The quantitative estimate of drug-likeness (QED) is 0.132. The molecule has 2 fully saturated rings. The molecule has 0 saturated heterocycles. The summed E-state index contributed by atoms with van der Waals surface area (Å²) in [7, 11) is 0. The minimum absolute atomic E-state index is 0.566. The fourth-order valence-electron chi connectivity index (χ4n) is 12.9. The average Bonchev–Trinajstić information content (AvgIpc) is 4.15. The van der Waals surface area contributed by atoms with E-state index < -0.39 is 5.41 Å². The Morgan fingerprint density at radius 3 is 1.42 bits per heavy atom. The Labute approximate surface area is 407 Å². The monoisotopic (exact) mass is 883 g/mol. The number of rotatable bonds is 10. The second-order valence-corrected chi connectivity index (χ2v) is 19.5. The Kier molecular flexibility index (Phi) is 10.3. The molecule has 330 valence electrons. The van der Waals surface area contributed by atoms with Crippen molar-refractivity contribution in [2.75, 3.05) is 4.90 Å². The van der Waals surface area contributed by atoms with Gasteiger partial charge >= 0.3 is 0 Å². The van der Waals surface area contributed by atoms with E-state index in [2.05, 4.69) is 260 Å². The molecule has 0 N–H and O–H groups in total. The lowest BCUT2D eigenvalue weighted by molar-refractivity contribution is 0.420. The third kappa shape index (κ3) is 6.90. The van der Waals surface area contributed by atoms with Gasteiger partial charge in [-0.1, -0.05) is 231 Å². The minimum atomic E-state index is -0.566. The highest BCUT2D eigenvalue weighted by atomic mass is 15.1. The summed E-state index contributed by atoms with van der Waals surface area (Å²) in [6, 6.07) is 95.3. The predicted molar refractivity (Wildman–Crippen MR) is 288 cm³/mol. The molecule has 3 unspecified atom stereocenters. The van der Waals surface area contributed by atoms with Crippen LogP contribution in [0.5, 0.6) is 0 Å². The first kappa shape index (κ1) is 41.2. The fraction of sp³-hybridized carbons (Fsp3) is 0.118. The van der Waals surface area contributed by atoms with Gasteiger partial charge in [-0.15, -0.1) is 0 Å². The minimum Gasteiger partial charge on any atom is -0.309 e. The molecule has 0 heterocycles. The summed E-state index contributed by atoms with van der Waals surface area (Å²) in [5, 5.41) is 0. The maximum atomic E-state index is 2.59. The number of fused-ring (bicyclic) bond motifs is 5. The molecule has 3 aliphatic rings. The van der Waals surface area contributed by atoms with Crippen LogP contribution in [-0.4, -0.2) is 0 Å². The standard InChI is InChI=1S/C68H53N/c1-5-21-48(22-6-1)55-29-13-14-30-56(55)57-31-15-16-32-58(57)60-34-18-20-36-66(60)69(54-41-39-50(40-42-54)61-44-47-37-38-51(61)43-47)67-46-65-63(45-62(67)49-23-7-2-8-24-49)59-33-17-19-35-64(59)68(65,52-25-9-3-10-26-52)53-27-11-4-12-28-53/h1-36,39-42,45-47,51,61H,37-38,43-44H2. The number of hydrogen-bond acceptors (Lipinski definition) is 1. The number of para-hydroxylation sites is 1. The van der Waals surface area contributed by atoms with Crippen molar-refractivity contribution in [1.29, 1.82) is 0 Å². The molecule has 0 amide bonds. The smallest absolute Gasteiger partial charge is 0.0714 e. The summed E-state index contributed by atoms with van der Waals surface area (Å²) in [6.45, 7) is 0. The molecule has 0 radical (unpaired) electrons. The van der Waals surface area contributed by atoms with Crippen molar-refractivity contribution < 1.29 is 0 Å². The number of anilines is 3. The van der Waals surface area contributed by atoms with E-state index in [1.165, 1.54) is 109 Å². The lowest BCUT2D eigenvalue weighted by Gasteiger charge is -2.36. The molecule has 3 atom stereocenters. The Bertz CT molecular complexity index is 3410. The van der Waals surface area contributed by atoms with E-state index in [1.807, 2.05) is 0 Å². The molecule has 2 saturated carbocycles. The molecule has 1 nitrogen and oxygen atoms in total. The third-order valence-electron chi connectivity index (χ3n) is 15.9. The van der Waals surface area contributed by atoms with Crippen LogP contribution in [0.1, 0.15) is 59.4 Å². The van der Waals surface area contributed by atoms with E-state index in [-0.39, 0.29) is 0 Å². The molecule has 10 aromatic carbocycles. The van der Waals surface area contributed by atoms with Gasteiger partial charge in [0.15, 0.2) is 0 Å². The van der Waals surface area contributed by atoms with E-state index in [4.69, 9.17) is 0 Å². The van der Waals surface area contributed by atoms with Crippen molar-refractivity contribution in [1.82, 2.24) is 0 Å². The molecule has 0 aromatic heterocycles. The normalized spacial score (nSPS) is 17.3. The summed E-state index contributed by atoms with van der Waals surface area (Å²) in [4.78, 5) is 2.59. The number of nitrogens with zero attached hydrogens (tertiary/aromatic N) is 1. The molecule has 0 spiro atoms. The highest BCUT2D eigenvalue weighted by molar-refractivity contribution is 6.01. The largest absolute Gasteiger partial charge is 0.309 e. The Morgan fingerprint density at radius 2 is 0.826 bits per heavy atom.